The molecule has 0 unspecified atom stereocenters. The number of rotatable bonds is 6. The van der Waals surface area contributed by atoms with E-state index in [4.69, 9.17) is 28.6 Å². The second-order valence-corrected chi connectivity index (χ2v) is 9.81. The predicted molar refractivity (Wildman–Crippen MR) is 144 cm³/mol. The van der Waals surface area contributed by atoms with Gasteiger partial charge in [0.25, 0.3) is 11.8 Å². The third-order valence-corrected chi connectivity index (χ3v) is 6.78. The lowest BCUT2D eigenvalue weighted by atomic mass is 10.2. The standard InChI is InChI=1S/C26H21ClN2O3S2/c1-16-6-10-20(11-7-16)29-25(31)23(34-26(29)33)13-18-4-3-5-21(12-18)32-15-24(30)28-19-9-8-17(2)22(27)14-19/h3-14H,15H2,1-2H3,(H,28,30)/b23-13-. The number of hydrogen-bond donors (Lipinski definition) is 1. The van der Waals surface area contributed by atoms with Crippen molar-refractivity contribution < 1.29 is 14.3 Å². The Hall–Kier alpha value is -3.13. The first kappa shape index (κ1) is 24.0. The summed E-state index contributed by atoms with van der Waals surface area (Å²) in [5.74, 6) is 0.0467. The third kappa shape index (κ3) is 5.67. The molecule has 8 heteroatoms. The van der Waals surface area contributed by atoms with Crippen LogP contribution in [0.4, 0.5) is 11.4 Å². The molecule has 0 radical (unpaired) electrons. The molecule has 34 heavy (non-hydrogen) atoms. The molecule has 0 aromatic heterocycles. The molecule has 1 N–H and O–H groups in total. The van der Waals surface area contributed by atoms with Crippen LogP contribution in [0.3, 0.4) is 0 Å². The van der Waals surface area contributed by atoms with Crippen molar-refractivity contribution in [2.75, 3.05) is 16.8 Å². The molecule has 4 rings (SSSR count). The van der Waals surface area contributed by atoms with Gasteiger partial charge in [-0.3, -0.25) is 14.5 Å². The zero-order chi connectivity index (χ0) is 24.2. The number of hydrogen-bond acceptors (Lipinski definition) is 5. The number of carbonyl (C=O) groups is 2. The average molecular weight is 509 g/mol. The monoisotopic (exact) mass is 508 g/mol. The van der Waals surface area contributed by atoms with Crippen molar-refractivity contribution >= 4 is 69.2 Å². The van der Waals surface area contributed by atoms with Crippen molar-refractivity contribution in [3.63, 3.8) is 0 Å². The lowest BCUT2D eigenvalue weighted by Crippen LogP contribution is -2.27. The Kier molecular flexibility index (Phi) is 7.36. The summed E-state index contributed by atoms with van der Waals surface area (Å²) in [6.07, 6.45) is 1.77. The van der Waals surface area contributed by atoms with Gasteiger partial charge in [0.1, 0.15) is 5.75 Å². The molecule has 2 amide bonds. The number of aryl methyl sites for hydroxylation is 2. The molecule has 3 aromatic rings. The number of nitrogens with zero attached hydrogens (tertiary/aromatic N) is 1. The quantitative estimate of drug-likeness (QED) is 0.309. The van der Waals surface area contributed by atoms with Crippen molar-refractivity contribution in [3.8, 4) is 5.75 Å². The Morgan fingerprint density at radius 1 is 1.12 bits per heavy atom. The van der Waals surface area contributed by atoms with E-state index in [9.17, 15) is 9.59 Å². The van der Waals surface area contributed by atoms with Crippen LogP contribution in [0, 0.1) is 13.8 Å². The van der Waals surface area contributed by atoms with Gasteiger partial charge in [-0.15, -0.1) is 0 Å². The lowest BCUT2D eigenvalue weighted by molar-refractivity contribution is -0.118. The lowest BCUT2D eigenvalue weighted by Gasteiger charge is -2.14. The maximum Gasteiger partial charge on any atom is 0.270 e. The number of ether oxygens (including phenoxy) is 1. The Morgan fingerprint density at radius 2 is 1.88 bits per heavy atom. The van der Waals surface area contributed by atoms with Crippen molar-refractivity contribution in [1.29, 1.82) is 0 Å². The van der Waals surface area contributed by atoms with E-state index in [1.165, 1.54) is 16.7 Å². The van der Waals surface area contributed by atoms with E-state index in [0.717, 1.165) is 22.4 Å². The van der Waals surface area contributed by atoms with Crippen molar-refractivity contribution in [3.05, 3.63) is 93.3 Å². The van der Waals surface area contributed by atoms with E-state index in [0.29, 0.717) is 25.7 Å². The first-order chi connectivity index (χ1) is 16.3. The highest BCUT2D eigenvalue weighted by Crippen LogP contribution is 2.36. The molecule has 1 saturated heterocycles. The maximum absolute atomic E-state index is 13.0. The fraction of sp³-hybridized carbons (Fsp3) is 0.115. The fourth-order valence-electron chi connectivity index (χ4n) is 3.25. The Balaban J connectivity index is 1.41. The molecule has 0 bridgehead atoms. The van der Waals surface area contributed by atoms with Crippen molar-refractivity contribution in [1.82, 2.24) is 0 Å². The second kappa shape index (κ2) is 10.4. The molecule has 1 heterocycles. The largest absolute Gasteiger partial charge is 0.484 e. The zero-order valence-electron chi connectivity index (χ0n) is 18.5. The summed E-state index contributed by atoms with van der Waals surface area (Å²) in [6.45, 7) is 3.72. The van der Waals surface area contributed by atoms with Gasteiger partial charge in [0, 0.05) is 10.7 Å². The summed E-state index contributed by atoms with van der Waals surface area (Å²) in [6, 6.07) is 20.2. The van der Waals surface area contributed by atoms with Crippen LogP contribution in [0.1, 0.15) is 16.7 Å². The number of thioether (sulfide) groups is 1. The number of thiocarbonyl (C=S) groups is 1. The van der Waals surface area contributed by atoms with Crippen LogP contribution in [-0.2, 0) is 9.59 Å². The van der Waals surface area contributed by atoms with Crippen LogP contribution < -0.4 is 15.0 Å². The predicted octanol–water partition coefficient (Wildman–Crippen LogP) is 6.38. The Bertz CT molecular complexity index is 1310. The average Bonchev–Trinajstić information content (AvgIpc) is 3.08. The molecule has 1 fully saturated rings. The first-order valence-corrected chi connectivity index (χ1v) is 12.0. The van der Waals surface area contributed by atoms with E-state index < -0.39 is 0 Å². The molecule has 172 valence electrons. The normalized spacial score (nSPS) is 14.6. The molecule has 3 aromatic carbocycles. The summed E-state index contributed by atoms with van der Waals surface area (Å²) < 4.78 is 6.13. The Labute approximate surface area is 212 Å². The van der Waals surface area contributed by atoms with Crippen LogP contribution in [0.5, 0.6) is 5.75 Å². The smallest absolute Gasteiger partial charge is 0.270 e. The van der Waals surface area contributed by atoms with Crippen LogP contribution >= 0.6 is 35.6 Å². The summed E-state index contributed by atoms with van der Waals surface area (Å²) in [5, 5.41) is 3.34. The summed E-state index contributed by atoms with van der Waals surface area (Å²) in [7, 11) is 0. The van der Waals surface area contributed by atoms with Gasteiger partial charge in [-0.2, -0.15) is 0 Å². The second-order valence-electron chi connectivity index (χ2n) is 7.73. The number of nitrogens with one attached hydrogen (secondary N) is 1. The number of benzene rings is 3. The minimum atomic E-state index is -0.302. The minimum Gasteiger partial charge on any atom is -0.484 e. The maximum atomic E-state index is 13.0. The van der Waals surface area contributed by atoms with E-state index in [1.807, 2.05) is 50.2 Å². The number of carbonyl (C=O) groups excluding carboxylic acids is 2. The third-order valence-electron chi connectivity index (χ3n) is 5.07. The first-order valence-electron chi connectivity index (χ1n) is 10.4. The van der Waals surface area contributed by atoms with E-state index in [-0.39, 0.29) is 18.4 Å². The molecule has 0 aliphatic carbocycles. The van der Waals surface area contributed by atoms with Crippen LogP contribution in [0.2, 0.25) is 5.02 Å². The molecule has 0 atom stereocenters. The molecular formula is C26H21ClN2O3S2. The fourth-order valence-corrected chi connectivity index (χ4v) is 4.73. The summed E-state index contributed by atoms with van der Waals surface area (Å²) >= 11 is 12.8. The number of anilines is 2. The van der Waals surface area contributed by atoms with Crippen LogP contribution in [-0.4, -0.2) is 22.7 Å². The van der Waals surface area contributed by atoms with Gasteiger partial charge in [0.05, 0.1) is 10.6 Å². The summed E-state index contributed by atoms with van der Waals surface area (Å²) in [5.41, 5.74) is 4.16. The molecule has 0 spiro atoms. The molecule has 1 aliphatic heterocycles. The molecule has 1 aliphatic rings. The van der Waals surface area contributed by atoms with Gasteiger partial charge >= 0.3 is 0 Å². The van der Waals surface area contributed by atoms with E-state index >= 15 is 0 Å². The van der Waals surface area contributed by atoms with Gasteiger partial charge in [-0.25, -0.2) is 0 Å². The SMILES string of the molecule is Cc1ccc(N2C(=O)/C(=C/c3cccc(OCC(=O)Nc4ccc(C)c(Cl)c4)c3)SC2=S)cc1. The minimum absolute atomic E-state index is 0.162. The topological polar surface area (TPSA) is 58.6 Å². The van der Waals surface area contributed by atoms with Gasteiger partial charge in [0.2, 0.25) is 0 Å². The molecular weight excluding hydrogens is 488 g/mol. The van der Waals surface area contributed by atoms with Crippen LogP contribution in [0.25, 0.3) is 6.08 Å². The molecule has 5 nitrogen and oxygen atoms in total. The summed E-state index contributed by atoms with van der Waals surface area (Å²) in [4.78, 5) is 27.3. The zero-order valence-corrected chi connectivity index (χ0v) is 20.9. The van der Waals surface area contributed by atoms with Gasteiger partial charge in [0.15, 0.2) is 10.9 Å². The number of halogens is 1. The van der Waals surface area contributed by atoms with Gasteiger partial charge in [-0.05, 0) is 67.4 Å². The molecule has 0 saturated carbocycles. The van der Waals surface area contributed by atoms with Gasteiger partial charge in [-0.1, -0.05) is 71.5 Å². The van der Waals surface area contributed by atoms with E-state index in [1.54, 1.807) is 36.4 Å². The highest BCUT2D eigenvalue weighted by Gasteiger charge is 2.33. The van der Waals surface area contributed by atoms with Crippen LogP contribution in [0.15, 0.2) is 71.6 Å². The van der Waals surface area contributed by atoms with E-state index in [2.05, 4.69) is 5.32 Å². The van der Waals surface area contributed by atoms with Gasteiger partial charge < -0.3 is 10.1 Å². The number of amides is 2. The van der Waals surface area contributed by atoms with Crippen molar-refractivity contribution in [2.45, 2.75) is 13.8 Å². The Morgan fingerprint density at radius 3 is 2.62 bits per heavy atom. The highest BCUT2D eigenvalue weighted by atomic mass is 35.5. The highest BCUT2D eigenvalue weighted by molar-refractivity contribution is 8.27. The van der Waals surface area contributed by atoms with Crippen molar-refractivity contribution in [2.24, 2.45) is 0 Å².